The van der Waals surface area contributed by atoms with E-state index in [4.69, 9.17) is 4.74 Å². The van der Waals surface area contributed by atoms with Crippen molar-refractivity contribution in [2.45, 2.75) is 32.1 Å². The number of benzene rings is 1. The SMILES string of the molecule is COc1cccc(CC[C@@H]2CCCN(C(=O)CCSC)C2)c1. The summed E-state index contributed by atoms with van der Waals surface area (Å²) in [5, 5.41) is 0. The van der Waals surface area contributed by atoms with Crippen LogP contribution in [0.1, 0.15) is 31.2 Å². The molecule has 1 aromatic rings. The predicted octanol–water partition coefficient (Wildman–Crippen LogP) is 3.62. The number of carbonyl (C=O) groups is 1. The molecule has 0 aliphatic carbocycles. The Morgan fingerprint density at radius 2 is 2.32 bits per heavy atom. The highest BCUT2D eigenvalue weighted by atomic mass is 32.2. The first-order chi connectivity index (χ1) is 10.7. The van der Waals surface area contributed by atoms with Crippen LogP contribution in [0, 0.1) is 5.92 Å². The molecule has 0 saturated carbocycles. The fraction of sp³-hybridized carbons (Fsp3) is 0.611. The van der Waals surface area contributed by atoms with Crippen LogP contribution in [0.15, 0.2) is 24.3 Å². The summed E-state index contributed by atoms with van der Waals surface area (Å²) in [5.74, 6) is 2.83. The summed E-state index contributed by atoms with van der Waals surface area (Å²) < 4.78 is 5.28. The van der Waals surface area contributed by atoms with E-state index in [2.05, 4.69) is 23.3 Å². The minimum absolute atomic E-state index is 0.334. The topological polar surface area (TPSA) is 29.5 Å². The number of carbonyl (C=O) groups excluding carboxylic acids is 1. The molecule has 0 unspecified atom stereocenters. The van der Waals surface area contributed by atoms with Gasteiger partial charge in [0.25, 0.3) is 0 Å². The average molecular weight is 321 g/mol. The van der Waals surface area contributed by atoms with E-state index in [9.17, 15) is 4.79 Å². The van der Waals surface area contributed by atoms with Crippen LogP contribution in [-0.4, -0.2) is 43.0 Å². The Morgan fingerprint density at radius 3 is 3.09 bits per heavy atom. The fourth-order valence-corrected chi connectivity index (χ4v) is 3.45. The normalized spacial score (nSPS) is 18.3. The zero-order valence-electron chi connectivity index (χ0n) is 13.7. The summed E-state index contributed by atoms with van der Waals surface area (Å²) in [6.45, 7) is 1.89. The Kier molecular flexibility index (Phi) is 7.10. The molecule has 2 rings (SSSR count). The number of methoxy groups -OCH3 is 1. The van der Waals surface area contributed by atoms with Gasteiger partial charge in [-0.15, -0.1) is 0 Å². The van der Waals surface area contributed by atoms with Crippen LogP contribution in [0.4, 0.5) is 0 Å². The molecule has 4 heteroatoms. The summed E-state index contributed by atoms with van der Waals surface area (Å²) in [6.07, 6.45) is 7.35. The van der Waals surface area contributed by atoms with Crippen molar-refractivity contribution in [2.75, 3.05) is 32.2 Å². The number of likely N-dealkylation sites (tertiary alicyclic amines) is 1. The Hall–Kier alpha value is -1.16. The van der Waals surface area contributed by atoms with Crippen molar-refractivity contribution in [3.05, 3.63) is 29.8 Å². The second kappa shape index (κ2) is 9.09. The first-order valence-corrected chi connectivity index (χ1v) is 9.52. The van der Waals surface area contributed by atoms with Gasteiger partial charge in [0.2, 0.25) is 5.91 Å². The van der Waals surface area contributed by atoms with Crippen LogP contribution < -0.4 is 4.74 Å². The first kappa shape index (κ1) is 17.2. The van der Waals surface area contributed by atoms with E-state index in [-0.39, 0.29) is 0 Å². The molecule has 0 aromatic heterocycles. The number of thioether (sulfide) groups is 1. The number of amides is 1. The molecule has 1 saturated heterocycles. The molecule has 1 heterocycles. The Morgan fingerprint density at radius 1 is 1.45 bits per heavy atom. The highest BCUT2D eigenvalue weighted by Crippen LogP contribution is 2.23. The molecule has 1 amide bonds. The first-order valence-electron chi connectivity index (χ1n) is 8.12. The maximum Gasteiger partial charge on any atom is 0.223 e. The molecule has 1 aromatic carbocycles. The Balaban J connectivity index is 1.81. The van der Waals surface area contributed by atoms with Gasteiger partial charge in [-0.05, 0) is 55.6 Å². The lowest BCUT2D eigenvalue weighted by Gasteiger charge is -2.33. The Bertz CT molecular complexity index is 478. The molecular weight excluding hydrogens is 294 g/mol. The highest BCUT2D eigenvalue weighted by molar-refractivity contribution is 7.98. The van der Waals surface area contributed by atoms with E-state index >= 15 is 0 Å². The summed E-state index contributed by atoms with van der Waals surface area (Å²) in [6, 6.07) is 8.31. The fourth-order valence-electron chi connectivity index (χ4n) is 3.07. The zero-order chi connectivity index (χ0) is 15.8. The molecule has 0 radical (unpaired) electrons. The van der Waals surface area contributed by atoms with Gasteiger partial charge in [0.1, 0.15) is 5.75 Å². The number of piperidine rings is 1. The van der Waals surface area contributed by atoms with Crippen molar-refractivity contribution in [1.82, 2.24) is 4.90 Å². The largest absolute Gasteiger partial charge is 0.497 e. The van der Waals surface area contributed by atoms with Crippen molar-refractivity contribution in [1.29, 1.82) is 0 Å². The summed E-state index contributed by atoms with van der Waals surface area (Å²) in [4.78, 5) is 14.2. The van der Waals surface area contributed by atoms with Crippen molar-refractivity contribution < 1.29 is 9.53 Å². The van der Waals surface area contributed by atoms with Crippen LogP contribution in [0.2, 0.25) is 0 Å². The van der Waals surface area contributed by atoms with Gasteiger partial charge in [-0.2, -0.15) is 11.8 Å². The van der Waals surface area contributed by atoms with E-state index in [1.807, 2.05) is 12.1 Å². The van der Waals surface area contributed by atoms with E-state index in [1.54, 1.807) is 18.9 Å². The van der Waals surface area contributed by atoms with Crippen LogP contribution in [0.25, 0.3) is 0 Å². The summed E-state index contributed by atoms with van der Waals surface area (Å²) in [5.41, 5.74) is 1.32. The second-order valence-electron chi connectivity index (χ2n) is 5.98. The minimum Gasteiger partial charge on any atom is -0.497 e. The molecule has 1 fully saturated rings. The van der Waals surface area contributed by atoms with Gasteiger partial charge in [-0.25, -0.2) is 0 Å². The third-order valence-electron chi connectivity index (χ3n) is 4.37. The third-order valence-corrected chi connectivity index (χ3v) is 4.98. The van der Waals surface area contributed by atoms with E-state index in [0.29, 0.717) is 18.2 Å². The number of hydrogen-bond donors (Lipinski definition) is 0. The highest BCUT2D eigenvalue weighted by Gasteiger charge is 2.23. The molecule has 122 valence electrons. The standard InChI is InChI=1S/C18H27NO2S/c1-21-17-7-3-5-15(13-17)8-9-16-6-4-11-19(14-16)18(20)10-12-22-2/h3,5,7,13,16H,4,6,8-12,14H2,1-2H3/t16-/m0/s1. The van der Waals surface area contributed by atoms with Gasteiger partial charge in [0.15, 0.2) is 0 Å². The lowest BCUT2D eigenvalue weighted by Crippen LogP contribution is -2.40. The van der Waals surface area contributed by atoms with E-state index < -0.39 is 0 Å². The summed E-state index contributed by atoms with van der Waals surface area (Å²) in [7, 11) is 1.71. The molecule has 22 heavy (non-hydrogen) atoms. The lowest BCUT2D eigenvalue weighted by molar-refractivity contribution is -0.132. The maximum atomic E-state index is 12.2. The van der Waals surface area contributed by atoms with Crippen LogP contribution in [0.3, 0.4) is 0 Å². The molecule has 1 atom stereocenters. The number of ether oxygens (including phenoxy) is 1. The number of nitrogens with zero attached hydrogens (tertiary/aromatic N) is 1. The molecule has 1 aliphatic heterocycles. The van der Waals surface area contributed by atoms with E-state index in [1.165, 1.54) is 12.0 Å². The average Bonchev–Trinajstić information content (AvgIpc) is 2.58. The van der Waals surface area contributed by atoms with E-state index in [0.717, 1.165) is 43.9 Å². The molecule has 1 aliphatic rings. The maximum absolute atomic E-state index is 12.2. The molecule has 3 nitrogen and oxygen atoms in total. The van der Waals surface area contributed by atoms with Crippen LogP contribution in [-0.2, 0) is 11.2 Å². The molecule has 0 bridgehead atoms. The summed E-state index contributed by atoms with van der Waals surface area (Å²) >= 11 is 1.75. The molecule has 0 N–H and O–H groups in total. The van der Waals surface area contributed by atoms with Gasteiger partial charge in [0, 0.05) is 25.3 Å². The van der Waals surface area contributed by atoms with Crippen molar-refractivity contribution in [3.8, 4) is 5.75 Å². The van der Waals surface area contributed by atoms with Gasteiger partial charge < -0.3 is 9.64 Å². The van der Waals surface area contributed by atoms with Gasteiger partial charge in [0.05, 0.1) is 7.11 Å². The van der Waals surface area contributed by atoms with Crippen LogP contribution >= 0.6 is 11.8 Å². The monoisotopic (exact) mass is 321 g/mol. The van der Waals surface area contributed by atoms with Gasteiger partial charge in [-0.1, -0.05) is 12.1 Å². The minimum atomic E-state index is 0.334. The number of hydrogen-bond acceptors (Lipinski definition) is 3. The smallest absolute Gasteiger partial charge is 0.223 e. The molecule has 0 spiro atoms. The van der Waals surface area contributed by atoms with Crippen molar-refractivity contribution >= 4 is 17.7 Å². The van der Waals surface area contributed by atoms with Crippen LogP contribution in [0.5, 0.6) is 5.75 Å². The zero-order valence-corrected chi connectivity index (χ0v) is 14.5. The Labute approximate surface area is 138 Å². The van der Waals surface area contributed by atoms with Gasteiger partial charge in [-0.3, -0.25) is 4.79 Å². The number of aryl methyl sites for hydroxylation is 1. The second-order valence-corrected chi connectivity index (χ2v) is 6.97. The quantitative estimate of drug-likeness (QED) is 0.768. The van der Waals surface area contributed by atoms with Crippen molar-refractivity contribution in [2.24, 2.45) is 5.92 Å². The third kappa shape index (κ3) is 5.24. The predicted molar refractivity (Wildman–Crippen MR) is 93.6 cm³/mol. The van der Waals surface area contributed by atoms with Crippen molar-refractivity contribution in [3.63, 3.8) is 0 Å². The number of rotatable bonds is 7. The molecular formula is C18H27NO2S. The van der Waals surface area contributed by atoms with Gasteiger partial charge >= 0.3 is 0 Å². The lowest BCUT2D eigenvalue weighted by atomic mass is 9.91.